The molecule has 130 valence electrons. The van der Waals surface area contributed by atoms with Crippen LogP contribution in [-0.4, -0.2) is 49.3 Å². The SMILES string of the molecule is CN(C)c1ccc(C/C(=C\C(=O)ON2CCCCC2)C(=O)O)cc1. The Morgan fingerprint density at radius 2 is 1.79 bits per heavy atom. The molecule has 1 aromatic carbocycles. The van der Waals surface area contributed by atoms with Gasteiger partial charge in [0.05, 0.1) is 0 Å². The van der Waals surface area contributed by atoms with Gasteiger partial charge in [-0.25, -0.2) is 9.59 Å². The quantitative estimate of drug-likeness (QED) is 0.806. The molecule has 1 aromatic rings. The van der Waals surface area contributed by atoms with Crippen LogP contribution in [0.15, 0.2) is 35.9 Å². The number of benzene rings is 1. The van der Waals surface area contributed by atoms with E-state index in [2.05, 4.69) is 0 Å². The molecule has 0 aromatic heterocycles. The molecule has 24 heavy (non-hydrogen) atoms. The summed E-state index contributed by atoms with van der Waals surface area (Å²) in [4.78, 5) is 30.5. The second-order valence-corrected chi connectivity index (χ2v) is 6.11. The molecule has 6 heteroatoms. The first-order chi connectivity index (χ1) is 11.5. The molecule has 1 aliphatic rings. The summed E-state index contributed by atoms with van der Waals surface area (Å²) >= 11 is 0. The highest BCUT2D eigenvalue weighted by molar-refractivity contribution is 5.95. The molecule has 0 radical (unpaired) electrons. The Morgan fingerprint density at radius 1 is 1.17 bits per heavy atom. The molecule has 0 amide bonds. The Hall–Kier alpha value is -2.34. The molecule has 0 spiro atoms. The molecule has 1 fully saturated rings. The van der Waals surface area contributed by atoms with Crippen LogP contribution in [0, 0.1) is 0 Å². The maximum absolute atomic E-state index is 11.9. The Balaban J connectivity index is 2.02. The first-order valence-electron chi connectivity index (χ1n) is 8.12. The van der Waals surface area contributed by atoms with Crippen molar-refractivity contribution in [2.75, 3.05) is 32.1 Å². The Labute approximate surface area is 142 Å². The van der Waals surface area contributed by atoms with Gasteiger partial charge in [-0.3, -0.25) is 0 Å². The summed E-state index contributed by atoms with van der Waals surface area (Å²) in [6.07, 6.45) is 4.37. The van der Waals surface area contributed by atoms with Gasteiger partial charge in [-0.2, -0.15) is 0 Å². The van der Waals surface area contributed by atoms with Crippen LogP contribution in [-0.2, 0) is 20.8 Å². The van der Waals surface area contributed by atoms with Gasteiger partial charge < -0.3 is 14.8 Å². The van der Waals surface area contributed by atoms with Crippen molar-refractivity contribution in [2.45, 2.75) is 25.7 Å². The molecular weight excluding hydrogens is 308 g/mol. The van der Waals surface area contributed by atoms with Gasteiger partial charge in [-0.15, -0.1) is 5.06 Å². The maximum atomic E-state index is 11.9. The van der Waals surface area contributed by atoms with Gasteiger partial charge in [0.25, 0.3) is 0 Å². The third-order valence-corrected chi connectivity index (χ3v) is 3.95. The van der Waals surface area contributed by atoms with Crippen LogP contribution < -0.4 is 4.90 Å². The van der Waals surface area contributed by atoms with Gasteiger partial charge in [0.1, 0.15) is 0 Å². The molecular formula is C18H24N2O4. The van der Waals surface area contributed by atoms with E-state index in [1.165, 1.54) is 0 Å². The van der Waals surface area contributed by atoms with Crippen LogP contribution in [0.25, 0.3) is 0 Å². The molecule has 1 aliphatic heterocycles. The van der Waals surface area contributed by atoms with Crippen LogP contribution in [0.2, 0.25) is 0 Å². The number of carbonyl (C=O) groups is 2. The van der Waals surface area contributed by atoms with Gasteiger partial charge in [-0.1, -0.05) is 18.6 Å². The fraction of sp³-hybridized carbons (Fsp3) is 0.444. The van der Waals surface area contributed by atoms with E-state index in [1.54, 1.807) is 5.06 Å². The third-order valence-electron chi connectivity index (χ3n) is 3.95. The molecule has 1 N–H and O–H groups in total. The van der Waals surface area contributed by atoms with Crippen molar-refractivity contribution in [3.63, 3.8) is 0 Å². The number of nitrogens with zero attached hydrogens (tertiary/aromatic N) is 2. The minimum Gasteiger partial charge on any atom is -0.478 e. The van der Waals surface area contributed by atoms with E-state index < -0.39 is 11.9 Å². The van der Waals surface area contributed by atoms with Crippen LogP contribution in [0.4, 0.5) is 5.69 Å². The largest absolute Gasteiger partial charge is 0.478 e. The lowest BCUT2D eigenvalue weighted by Gasteiger charge is -2.24. The first-order valence-corrected chi connectivity index (χ1v) is 8.12. The zero-order valence-electron chi connectivity index (χ0n) is 14.2. The Bertz CT molecular complexity index is 602. The highest BCUT2D eigenvalue weighted by Gasteiger charge is 2.16. The van der Waals surface area contributed by atoms with E-state index in [1.807, 2.05) is 43.3 Å². The van der Waals surface area contributed by atoms with E-state index in [0.717, 1.165) is 36.6 Å². The number of rotatable bonds is 6. The summed E-state index contributed by atoms with van der Waals surface area (Å²) in [6.45, 7) is 1.40. The predicted molar refractivity (Wildman–Crippen MR) is 91.7 cm³/mol. The number of carboxylic acid groups (broad SMARTS) is 1. The van der Waals surface area contributed by atoms with Gasteiger partial charge in [0, 0.05) is 50.9 Å². The summed E-state index contributed by atoms with van der Waals surface area (Å²) in [7, 11) is 3.88. The van der Waals surface area contributed by atoms with Gasteiger partial charge in [0.2, 0.25) is 0 Å². The van der Waals surface area contributed by atoms with E-state index in [9.17, 15) is 14.7 Å². The second kappa shape index (κ2) is 8.49. The lowest BCUT2D eigenvalue weighted by molar-refractivity contribution is -0.188. The van der Waals surface area contributed by atoms with Crippen molar-refractivity contribution in [2.24, 2.45) is 0 Å². The lowest BCUT2D eigenvalue weighted by Crippen LogP contribution is -2.32. The molecule has 0 atom stereocenters. The Morgan fingerprint density at radius 3 is 2.33 bits per heavy atom. The lowest BCUT2D eigenvalue weighted by atomic mass is 10.0. The number of hydrogen-bond donors (Lipinski definition) is 1. The minimum atomic E-state index is -1.11. The third kappa shape index (κ3) is 5.38. The van der Waals surface area contributed by atoms with E-state index in [-0.39, 0.29) is 12.0 Å². The average Bonchev–Trinajstić information content (AvgIpc) is 2.55. The van der Waals surface area contributed by atoms with Crippen LogP contribution in [0.1, 0.15) is 24.8 Å². The van der Waals surface area contributed by atoms with Crippen LogP contribution >= 0.6 is 0 Å². The standard InChI is InChI=1S/C18H24N2O4/c1-19(2)16-8-6-14(7-9-16)12-15(18(22)23)13-17(21)24-20-10-4-3-5-11-20/h6-9,13H,3-5,10-12H2,1-2H3,(H,22,23)/b15-13+. The molecule has 6 nitrogen and oxygen atoms in total. The number of hydrogen-bond acceptors (Lipinski definition) is 5. The van der Waals surface area contributed by atoms with Crippen LogP contribution in [0.3, 0.4) is 0 Å². The summed E-state index contributed by atoms with van der Waals surface area (Å²) in [5.41, 5.74) is 1.89. The summed E-state index contributed by atoms with van der Waals surface area (Å²) in [5, 5.41) is 10.9. The summed E-state index contributed by atoms with van der Waals surface area (Å²) in [6, 6.07) is 7.56. The van der Waals surface area contributed by atoms with Gasteiger partial charge in [-0.05, 0) is 30.5 Å². The summed E-state index contributed by atoms with van der Waals surface area (Å²) in [5.74, 6) is -1.73. The van der Waals surface area contributed by atoms with Crippen LogP contribution in [0.5, 0.6) is 0 Å². The van der Waals surface area contributed by atoms with Crippen molar-refractivity contribution in [3.05, 3.63) is 41.5 Å². The van der Waals surface area contributed by atoms with Gasteiger partial charge >= 0.3 is 11.9 Å². The van der Waals surface area contributed by atoms with Crippen molar-refractivity contribution < 1.29 is 19.5 Å². The molecule has 0 saturated carbocycles. The highest BCUT2D eigenvalue weighted by atomic mass is 16.7. The van der Waals surface area contributed by atoms with Crippen molar-refractivity contribution >= 4 is 17.6 Å². The number of anilines is 1. The topological polar surface area (TPSA) is 70.1 Å². The van der Waals surface area contributed by atoms with Crippen molar-refractivity contribution in [3.8, 4) is 0 Å². The Kier molecular flexibility index (Phi) is 6.37. The number of hydroxylamine groups is 2. The molecule has 0 bridgehead atoms. The highest BCUT2D eigenvalue weighted by Crippen LogP contribution is 2.16. The molecule has 0 aliphatic carbocycles. The van der Waals surface area contributed by atoms with Crippen molar-refractivity contribution in [1.82, 2.24) is 5.06 Å². The second-order valence-electron chi connectivity index (χ2n) is 6.11. The van der Waals surface area contributed by atoms with E-state index in [0.29, 0.717) is 13.1 Å². The number of piperidine rings is 1. The van der Waals surface area contributed by atoms with E-state index >= 15 is 0 Å². The normalized spacial score (nSPS) is 15.8. The van der Waals surface area contributed by atoms with E-state index in [4.69, 9.17) is 4.84 Å². The molecule has 1 heterocycles. The minimum absolute atomic E-state index is 0.0228. The zero-order chi connectivity index (χ0) is 17.5. The fourth-order valence-corrected chi connectivity index (χ4v) is 2.57. The molecule has 0 unspecified atom stereocenters. The van der Waals surface area contributed by atoms with Crippen molar-refractivity contribution in [1.29, 1.82) is 0 Å². The summed E-state index contributed by atoms with van der Waals surface area (Å²) < 4.78 is 0. The molecule has 1 saturated heterocycles. The number of carboxylic acids is 1. The van der Waals surface area contributed by atoms with Gasteiger partial charge in [0.15, 0.2) is 0 Å². The average molecular weight is 332 g/mol. The first kappa shape index (κ1) is 18.0. The molecule has 2 rings (SSSR count). The number of aliphatic carboxylic acids is 1. The fourth-order valence-electron chi connectivity index (χ4n) is 2.57. The number of carbonyl (C=O) groups excluding carboxylic acids is 1. The predicted octanol–water partition coefficient (Wildman–Crippen LogP) is 2.25. The maximum Gasteiger partial charge on any atom is 0.350 e. The smallest absolute Gasteiger partial charge is 0.350 e. The zero-order valence-corrected chi connectivity index (χ0v) is 14.2. The monoisotopic (exact) mass is 332 g/mol.